The molecule has 4 heteroatoms. The molecule has 25 heavy (non-hydrogen) atoms. The van der Waals surface area contributed by atoms with E-state index in [0.29, 0.717) is 29.8 Å². The van der Waals surface area contributed by atoms with Crippen molar-refractivity contribution in [3.63, 3.8) is 0 Å². The van der Waals surface area contributed by atoms with Crippen LogP contribution in [0.3, 0.4) is 0 Å². The number of unbranched alkanes of at least 4 members (excludes halogenated alkanes) is 5. The number of hydrogen-bond donors (Lipinski definition) is 1. The van der Waals surface area contributed by atoms with Crippen molar-refractivity contribution in [3.8, 4) is 0 Å². The normalized spacial score (nSPS) is 16.3. The largest absolute Gasteiger partial charge is 0.480 e. The lowest BCUT2D eigenvalue weighted by Crippen LogP contribution is -2.34. The van der Waals surface area contributed by atoms with Crippen LogP contribution >= 0.6 is 0 Å². The molecule has 1 aliphatic heterocycles. The Balaban J connectivity index is 2.16. The summed E-state index contributed by atoms with van der Waals surface area (Å²) in [6.45, 7) is 5.90. The number of aliphatic imine (C=N–C) groups is 1. The van der Waals surface area contributed by atoms with Gasteiger partial charge in [-0.1, -0.05) is 51.2 Å². The molecule has 1 heterocycles. The smallest absolute Gasteiger partial charge is 0.320 e. The second kappa shape index (κ2) is 9.30. The first-order valence-corrected chi connectivity index (χ1v) is 9.16. The molecule has 1 atom stereocenters. The molecular weight excluding hydrogens is 314 g/mol. The number of carboxylic acid groups (broad SMARTS) is 1. The van der Waals surface area contributed by atoms with Crippen molar-refractivity contribution in [2.45, 2.75) is 58.3 Å². The second-order valence-electron chi connectivity index (χ2n) is 6.60. The van der Waals surface area contributed by atoms with E-state index in [2.05, 4.69) is 18.5 Å². The molecule has 134 valence electrons. The van der Waals surface area contributed by atoms with Crippen LogP contribution in [0.5, 0.6) is 0 Å². The first kappa shape index (κ1) is 19.1. The molecule has 0 radical (unpaired) electrons. The fourth-order valence-electron chi connectivity index (χ4n) is 3.24. The number of fused-ring (bicyclic) bond motifs is 1. The molecule has 1 unspecified atom stereocenters. The highest BCUT2D eigenvalue weighted by Crippen LogP contribution is 2.32. The van der Waals surface area contributed by atoms with E-state index in [4.69, 9.17) is 0 Å². The molecule has 0 aliphatic carbocycles. The van der Waals surface area contributed by atoms with E-state index in [1.165, 1.54) is 19.3 Å². The number of carbonyl (C=O) groups excluding carboxylic acids is 1. The van der Waals surface area contributed by atoms with Crippen molar-refractivity contribution in [2.75, 3.05) is 0 Å². The Morgan fingerprint density at radius 2 is 1.96 bits per heavy atom. The van der Waals surface area contributed by atoms with Gasteiger partial charge in [0.05, 0.1) is 5.69 Å². The number of benzene rings is 1. The molecule has 0 saturated carbocycles. The fraction of sp³-hybridized carbons (Fsp3) is 0.476. The lowest BCUT2D eigenvalue weighted by molar-refractivity contribution is -0.138. The summed E-state index contributed by atoms with van der Waals surface area (Å²) in [4.78, 5) is 28.8. The number of nitrogens with zero attached hydrogens (tertiary/aromatic N) is 1. The highest BCUT2D eigenvalue weighted by atomic mass is 16.4. The zero-order valence-corrected chi connectivity index (χ0v) is 15.0. The van der Waals surface area contributed by atoms with Gasteiger partial charge < -0.3 is 5.11 Å². The molecule has 4 nitrogen and oxygen atoms in total. The monoisotopic (exact) mass is 341 g/mol. The maximum atomic E-state index is 12.6. The van der Waals surface area contributed by atoms with Crippen LogP contribution in [0.2, 0.25) is 0 Å². The Bertz CT molecular complexity index is 676. The van der Waals surface area contributed by atoms with Crippen molar-refractivity contribution < 1.29 is 14.7 Å². The summed E-state index contributed by atoms with van der Waals surface area (Å²) in [6.07, 6.45) is 9.78. The molecule has 1 N–H and O–H groups in total. The SMILES string of the molecule is C=CCc1ccc2c(c1)N=C(CCCCCCCC)C(C(=O)O)C2=O. The Kier molecular flexibility index (Phi) is 7.11. The molecule has 0 saturated heterocycles. The predicted molar refractivity (Wildman–Crippen MR) is 101 cm³/mol. The van der Waals surface area contributed by atoms with Crippen LogP contribution in [0.4, 0.5) is 5.69 Å². The quantitative estimate of drug-likeness (QED) is 0.364. The minimum atomic E-state index is -1.13. The summed E-state index contributed by atoms with van der Waals surface area (Å²) in [7, 11) is 0. The van der Waals surface area contributed by atoms with Crippen LogP contribution < -0.4 is 0 Å². The van der Waals surface area contributed by atoms with E-state index in [1.54, 1.807) is 12.1 Å². The van der Waals surface area contributed by atoms with Gasteiger partial charge in [0.1, 0.15) is 0 Å². The fourth-order valence-corrected chi connectivity index (χ4v) is 3.24. The molecule has 0 amide bonds. The Morgan fingerprint density at radius 1 is 1.24 bits per heavy atom. The second-order valence-corrected chi connectivity index (χ2v) is 6.60. The Labute approximate surface area is 149 Å². The summed E-state index contributed by atoms with van der Waals surface area (Å²) in [5, 5.41) is 9.50. The van der Waals surface area contributed by atoms with Crippen LogP contribution in [0, 0.1) is 5.92 Å². The average Bonchev–Trinajstić information content (AvgIpc) is 2.57. The minimum absolute atomic E-state index is 0.344. The molecule has 1 aromatic rings. The van der Waals surface area contributed by atoms with Gasteiger partial charge in [-0.2, -0.15) is 0 Å². The van der Waals surface area contributed by atoms with Crippen LogP contribution in [-0.2, 0) is 11.2 Å². The van der Waals surface area contributed by atoms with Gasteiger partial charge >= 0.3 is 5.97 Å². The van der Waals surface area contributed by atoms with Gasteiger partial charge in [0.2, 0.25) is 0 Å². The zero-order valence-electron chi connectivity index (χ0n) is 15.0. The summed E-state index contributed by atoms with van der Waals surface area (Å²) < 4.78 is 0. The van der Waals surface area contributed by atoms with Crippen molar-refractivity contribution in [1.82, 2.24) is 0 Å². The van der Waals surface area contributed by atoms with Gasteiger partial charge in [-0.05, 0) is 37.0 Å². The van der Waals surface area contributed by atoms with E-state index in [9.17, 15) is 14.7 Å². The Morgan fingerprint density at radius 3 is 2.64 bits per heavy atom. The minimum Gasteiger partial charge on any atom is -0.480 e. The maximum absolute atomic E-state index is 12.6. The summed E-state index contributed by atoms with van der Waals surface area (Å²) in [5.74, 6) is -2.58. The average molecular weight is 341 g/mol. The van der Waals surface area contributed by atoms with Crippen molar-refractivity contribution >= 4 is 23.2 Å². The van der Waals surface area contributed by atoms with E-state index < -0.39 is 11.9 Å². The van der Waals surface area contributed by atoms with E-state index in [-0.39, 0.29) is 5.78 Å². The summed E-state index contributed by atoms with van der Waals surface area (Å²) in [6, 6.07) is 5.40. The number of allylic oxidation sites excluding steroid dienone is 1. The van der Waals surface area contributed by atoms with Gasteiger partial charge in [0, 0.05) is 11.3 Å². The van der Waals surface area contributed by atoms with Crippen LogP contribution in [0.1, 0.15) is 67.8 Å². The highest BCUT2D eigenvalue weighted by molar-refractivity contribution is 6.27. The highest BCUT2D eigenvalue weighted by Gasteiger charge is 2.36. The van der Waals surface area contributed by atoms with Crippen LogP contribution in [-0.4, -0.2) is 22.6 Å². The Hall–Kier alpha value is -2.23. The first-order chi connectivity index (χ1) is 12.1. The van der Waals surface area contributed by atoms with E-state index in [1.807, 2.05) is 12.1 Å². The molecule has 2 rings (SSSR count). The van der Waals surface area contributed by atoms with Gasteiger partial charge in [0.25, 0.3) is 0 Å². The molecular formula is C21H27NO3. The lowest BCUT2D eigenvalue weighted by Gasteiger charge is -2.21. The van der Waals surface area contributed by atoms with Crippen molar-refractivity contribution in [2.24, 2.45) is 10.9 Å². The number of carboxylic acids is 1. The lowest BCUT2D eigenvalue weighted by atomic mass is 9.86. The molecule has 0 bridgehead atoms. The summed E-state index contributed by atoms with van der Waals surface area (Å²) in [5.41, 5.74) is 2.53. The number of carbonyl (C=O) groups is 2. The third-order valence-electron chi connectivity index (χ3n) is 4.60. The van der Waals surface area contributed by atoms with Crippen molar-refractivity contribution in [1.29, 1.82) is 0 Å². The third kappa shape index (κ3) is 4.88. The predicted octanol–water partition coefficient (Wildman–Crippen LogP) is 5.14. The number of rotatable bonds is 10. The van der Waals surface area contributed by atoms with Gasteiger partial charge in [-0.15, -0.1) is 6.58 Å². The third-order valence-corrected chi connectivity index (χ3v) is 4.60. The number of hydrogen-bond acceptors (Lipinski definition) is 3. The topological polar surface area (TPSA) is 66.7 Å². The molecule has 1 aliphatic rings. The number of ketones is 1. The van der Waals surface area contributed by atoms with Gasteiger partial charge in [0.15, 0.2) is 11.7 Å². The number of Topliss-reactive ketones (excluding diaryl/α,β-unsaturated/α-hetero) is 1. The molecule has 0 spiro atoms. The van der Waals surface area contributed by atoms with Crippen LogP contribution in [0.25, 0.3) is 0 Å². The molecule has 0 aromatic heterocycles. The summed E-state index contributed by atoms with van der Waals surface area (Å²) >= 11 is 0. The zero-order chi connectivity index (χ0) is 18.2. The molecule has 0 fully saturated rings. The standard InChI is InChI=1S/C21H27NO3/c1-3-5-6-7-8-9-11-17-19(21(24)25)20(23)16-13-12-15(10-4-2)14-18(16)22-17/h4,12-14,19H,2-3,5-11H2,1H3,(H,24,25). The van der Waals surface area contributed by atoms with Crippen LogP contribution in [0.15, 0.2) is 35.8 Å². The van der Waals surface area contributed by atoms with Gasteiger partial charge in [-0.3, -0.25) is 14.6 Å². The van der Waals surface area contributed by atoms with Gasteiger partial charge in [-0.25, -0.2) is 0 Å². The van der Waals surface area contributed by atoms with Crippen molar-refractivity contribution in [3.05, 3.63) is 42.0 Å². The maximum Gasteiger partial charge on any atom is 0.320 e. The van der Waals surface area contributed by atoms with E-state index in [0.717, 1.165) is 24.8 Å². The van der Waals surface area contributed by atoms with E-state index >= 15 is 0 Å². The molecule has 1 aromatic carbocycles. The first-order valence-electron chi connectivity index (χ1n) is 9.16. The number of aliphatic carboxylic acids is 1.